The molecule has 0 aliphatic rings. The quantitative estimate of drug-likeness (QED) is 0.107. The average molecular weight is 550 g/mol. The van der Waals surface area contributed by atoms with Crippen LogP contribution < -0.4 is 5.11 Å². The third-order valence-corrected chi connectivity index (χ3v) is 4.32. The molecule has 0 saturated heterocycles. The Labute approximate surface area is 198 Å². The molecule has 0 atom stereocenters. The van der Waals surface area contributed by atoms with E-state index < -0.39 is 28.9 Å². The van der Waals surface area contributed by atoms with Crippen molar-refractivity contribution in [2.24, 2.45) is 0 Å². The molecule has 8 nitrogen and oxygen atoms in total. The summed E-state index contributed by atoms with van der Waals surface area (Å²) in [4.78, 5) is 23.0. The smallest absolute Gasteiger partial charge is 0.490 e. The van der Waals surface area contributed by atoms with Crippen molar-refractivity contribution in [3.05, 3.63) is 0 Å². The highest BCUT2D eigenvalue weighted by atomic mass is 35.5. The number of hydrogen-bond donors (Lipinski definition) is 1. The number of carbonyl (C=O) groups is 2. The van der Waals surface area contributed by atoms with Gasteiger partial charge in [-0.15, -0.1) is 0 Å². The third-order valence-electron chi connectivity index (χ3n) is 2.29. The topological polar surface area (TPSA) is 90.2 Å². The number of aliphatic carboxylic acids is 2. The Kier molecular flexibility index (Phi) is 22.2. The molecule has 0 unspecified atom stereocenters. The number of amidine groups is 1. The zero-order valence-corrected chi connectivity index (χ0v) is 20.1. The zero-order chi connectivity index (χ0) is 26.5. The second-order valence-electron chi connectivity index (χ2n) is 5.94. The summed E-state index contributed by atoms with van der Waals surface area (Å²) < 4.78 is 64.2. The van der Waals surface area contributed by atoms with Gasteiger partial charge in [0.1, 0.15) is 5.97 Å². The predicted octanol–water partition coefficient (Wildman–Crippen LogP) is 2.18. The van der Waals surface area contributed by atoms with E-state index in [9.17, 15) is 26.3 Å². The molecule has 0 aromatic rings. The molecular formula is C15H29Cl3F6N4O4. The minimum Gasteiger partial charge on any atom is -0.542 e. The first kappa shape index (κ1) is 41.1. The normalized spacial score (nSPS) is 10.8. The standard InChI is InChI=1S/C5H12Cl2N2.C5H12ClN2.2C2HF3O2.CH4/c1-8(2)5(6,7)9(3)4;1-7(2)5(6)8(3)4;2*3-2(4,5)1(6)7;/h1-4H3;1-4H3;2*(H,6,7);1H4/q;+1;;;/p-1. The predicted molar refractivity (Wildman–Crippen MR) is 110 cm³/mol. The van der Waals surface area contributed by atoms with Crippen molar-refractivity contribution >= 4 is 52.0 Å². The molecule has 0 aromatic heterocycles. The number of rotatable bonds is 2. The average Bonchev–Trinajstić information content (AvgIpc) is 2.53. The fourth-order valence-corrected chi connectivity index (χ4v) is 0.800. The van der Waals surface area contributed by atoms with E-state index in [-0.39, 0.29) is 7.43 Å². The molecule has 0 aromatic carbocycles. The molecule has 0 spiro atoms. The molecule has 0 radical (unpaired) electrons. The van der Waals surface area contributed by atoms with Crippen LogP contribution >= 0.6 is 34.8 Å². The number of halogens is 9. The van der Waals surface area contributed by atoms with Crippen LogP contribution in [0.1, 0.15) is 7.43 Å². The zero-order valence-electron chi connectivity index (χ0n) is 17.9. The first-order valence-electron chi connectivity index (χ1n) is 7.51. The SMILES string of the molecule is C.CN(C)C(Cl)(Cl)N(C)C.CN(C)C(Cl)=[N+](C)C.O=C(O)C(F)(F)F.O=C([O-])C(F)(F)F. The van der Waals surface area contributed by atoms with Crippen LogP contribution in [0.25, 0.3) is 0 Å². The van der Waals surface area contributed by atoms with Crippen LogP contribution in [0.4, 0.5) is 26.3 Å². The largest absolute Gasteiger partial charge is 0.542 e. The van der Waals surface area contributed by atoms with Gasteiger partial charge in [-0.3, -0.25) is 19.3 Å². The van der Waals surface area contributed by atoms with Crippen LogP contribution in [0, 0.1) is 0 Å². The Balaban J connectivity index is -0.000000101. The minimum absolute atomic E-state index is 0. The van der Waals surface area contributed by atoms with Crippen LogP contribution in [0.3, 0.4) is 0 Å². The number of carboxylic acid groups (broad SMARTS) is 2. The van der Waals surface area contributed by atoms with Gasteiger partial charge in [0, 0.05) is 11.6 Å². The van der Waals surface area contributed by atoms with Crippen molar-refractivity contribution in [2.75, 3.05) is 56.4 Å². The highest BCUT2D eigenvalue weighted by Crippen LogP contribution is 2.24. The van der Waals surface area contributed by atoms with Gasteiger partial charge in [0.05, 0.1) is 28.2 Å². The Hall–Kier alpha value is -1.22. The molecule has 32 heavy (non-hydrogen) atoms. The lowest BCUT2D eigenvalue weighted by Crippen LogP contribution is -2.45. The number of alkyl halides is 8. The summed E-state index contributed by atoms with van der Waals surface area (Å²) in [5, 5.41) is 16.7. The summed E-state index contributed by atoms with van der Waals surface area (Å²) in [5.74, 6) is -5.76. The summed E-state index contributed by atoms with van der Waals surface area (Å²) in [6, 6.07) is 0. The number of carbonyl (C=O) groups excluding carboxylic acids is 1. The Bertz CT molecular complexity index is 546. The highest BCUT2D eigenvalue weighted by Gasteiger charge is 2.38. The Morgan fingerprint density at radius 2 is 1.06 bits per heavy atom. The summed E-state index contributed by atoms with van der Waals surface area (Å²) >= 11 is 17.4. The lowest BCUT2D eigenvalue weighted by molar-refractivity contribution is -0.466. The van der Waals surface area contributed by atoms with Gasteiger partial charge in [0.15, 0.2) is 0 Å². The molecule has 0 aliphatic carbocycles. The van der Waals surface area contributed by atoms with E-state index in [4.69, 9.17) is 54.6 Å². The van der Waals surface area contributed by atoms with Gasteiger partial charge < -0.3 is 15.0 Å². The van der Waals surface area contributed by atoms with E-state index in [0.29, 0.717) is 0 Å². The van der Waals surface area contributed by atoms with Crippen molar-refractivity contribution < 1.29 is 50.7 Å². The van der Waals surface area contributed by atoms with Gasteiger partial charge in [-0.05, 0) is 28.2 Å². The maximum atomic E-state index is 10.6. The van der Waals surface area contributed by atoms with Gasteiger partial charge >= 0.3 is 23.6 Å². The van der Waals surface area contributed by atoms with Crippen molar-refractivity contribution in [1.82, 2.24) is 14.7 Å². The van der Waals surface area contributed by atoms with Gasteiger partial charge in [0.2, 0.25) is 4.58 Å². The molecule has 0 rings (SSSR count). The summed E-state index contributed by atoms with van der Waals surface area (Å²) in [6.07, 6.45) is -10.3. The van der Waals surface area contributed by atoms with Crippen molar-refractivity contribution in [3.63, 3.8) is 0 Å². The molecule has 196 valence electrons. The maximum Gasteiger partial charge on any atom is 0.490 e. The van der Waals surface area contributed by atoms with Crippen LogP contribution in [-0.4, -0.2) is 115 Å². The van der Waals surface area contributed by atoms with Crippen LogP contribution in [0.2, 0.25) is 0 Å². The molecular weight excluding hydrogens is 521 g/mol. The van der Waals surface area contributed by atoms with Crippen LogP contribution in [0.15, 0.2) is 0 Å². The number of nitrogens with zero attached hydrogens (tertiary/aromatic N) is 4. The Morgan fingerprint density at radius 1 is 0.844 bits per heavy atom. The molecule has 0 amide bonds. The van der Waals surface area contributed by atoms with Gasteiger partial charge in [-0.25, -0.2) is 4.79 Å². The number of carboxylic acids is 2. The van der Waals surface area contributed by atoms with Crippen molar-refractivity contribution in [3.8, 4) is 0 Å². The van der Waals surface area contributed by atoms with Crippen molar-refractivity contribution in [1.29, 1.82) is 0 Å². The summed E-state index contributed by atoms with van der Waals surface area (Å²) in [7, 11) is 14.9. The van der Waals surface area contributed by atoms with E-state index in [0.717, 1.165) is 5.29 Å². The molecule has 0 heterocycles. The minimum atomic E-state index is -5.19. The summed E-state index contributed by atoms with van der Waals surface area (Å²) in [6.45, 7) is 0. The van der Waals surface area contributed by atoms with Gasteiger partial charge in [-0.1, -0.05) is 30.6 Å². The fraction of sp³-hybridized carbons (Fsp3) is 0.800. The van der Waals surface area contributed by atoms with Crippen LogP contribution in [-0.2, 0) is 9.59 Å². The Morgan fingerprint density at radius 3 is 1.06 bits per heavy atom. The second kappa shape index (κ2) is 17.3. The molecule has 0 aliphatic heterocycles. The molecule has 0 fully saturated rings. The summed E-state index contributed by atoms with van der Waals surface area (Å²) in [5.41, 5.74) is 0. The van der Waals surface area contributed by atoms with Gasteiger partial charge in [0.25, 0.3) is 0 Å². The molecule has 17 heteroatoms. The monoisotopic (exact) mass is 548 g/mol. The lowest BCUT2D eigenvalue weighted by Gasteiger charge is -2.33. The second-order valence-corrected chi connectivity index (χ2v) is 7.53. The van der Waals surface area contributed by atoms with E-state index in [1.807, 2.05) is 65.9 Å². The first-order chi connectivity index (χ1) is 13.3. The number of hydrogen-bond acceptors (Lipinski definition) is 5. The lowest BCUT2D eigenvalue weighted by atomic mass is 10.7. The third kappa shape index (κ3) is 23.4. The molecule has 1 N–H and O–H groups in total. The van der Waals surface area contributed by atoms with Gasteiger partial charge in [-0.2, -0.15) is 26.3 Å². The van der Waals surface area contributed by atoms with Crippen molar-refractivity contribution in [2.45, 2.75) is 24.4 Å². The first-order valence-corrected chi connectivity index (χ1v) is 8.64. The van der Waals surface area contributed by atoms with Crippen LogP contribution in [0.5, 0.6) is 0 Å². The highest BCUT2D eigenvalue weighted by molar-refractivity contribution is 6.62. The van der Waals surface area contributed by atoms with E-state index >= 15 is 0 Å². The van der Waals surface area contributed by atoms with E-state index in [2.05, 4.69) is 0 Å². The molecule has 0 bridgehead atoms. The fourth-order valence-electron chi connectivity index (χ4n) is 0.800. The molecule has 0 saturated carbocycles. The van der Waals surface area contributed by atoms with E-state index in [1.54, 1.807) is 9.80 Å². The maximum absolute atomic E-state index is 10.6. The van der Waals surface area contributed by atoms with E-state index in [1.165, 1.54) is 0 Å².